The lowest BCUT2D eigenvalue weighted by molar-refractivity contribution is -0.111. The number of rotatable bonds is 1. The number of carbonyl (C=O) groups excluding carboxylic acids is 1. The summed E-state index contributed by atoms with van der Waals surface area (Å²) in [5, 5.41) is 3.08. The largest absolute Gasteiger partial charge is 0.327 e. The molecule has 0 aromatic heterocycles. The molecule has 0 saturated carbocycles. The monoisotopic (exact) mass is 128 g/mol. The Morgan fingerprint density at radius 2 is 2.33 bits per heavy atom. The van der Waals surface area contributed by atoms with Crippen molar-refractivity contribution in [2.45, 2.75) is 12.5 Å². The predicted molar refractivity (Wildman–Crippen MR) is 35.0 cm³/mol. The number of hydrogen-bond acceptors (Lipinski definition) is 3. The van der Waals surface area contributed by atoms with E-state index in [0.29, 0.717) is 0 Å². The van der Waals surface area contributed by atoms with Crippen LogP contribution in [0.25, 0.3) is 0 Å². The Kier molecular flexibility index (Phi) is 2.19. The van der Waals surface area contributed by atoms with Gasteiger partial charge in [0.1, 0.15) is 6.29 Å². The summed E-state index contributed by atoms with van der Waals surface area (Å²) in [5.41, 5.74) is 5.58. The molecule has 1 rings (SSSR count). The van der Waals surface area contributed by atoms with Crippen LogP contribution in [0.3, 0.4) is 0 Å². The molecule has 0 unspecified atom stereocenters. The average molecular weight is 128 g/mol. The van der Waals surface area contributed by atoms with Crippen molar-refractivity contribution >= 4 is 6.29 Å². The summed E-state index contributed by atoms with van der Waals surface area (Å²) in [7, 11) is 0. The fourth-order valence-electron chi connectivity index (χ4n) is 1.11. The fraction of sp³-hybridized carbons (Fsp3) is 0.833. The molecule has 1 aliphatic rings. The molecule has 0 radical (unpaired) electrons. The molecule has 0 aromatic rings. The lowest BCUT2D eigenvalue weighted by atomic mass is 9.98. The van der Waals surface area contributed by atoms with E-state index < -0.39 is 0 Å². The van der Waals surface area contributed by atoms with Gasteiger partial charge in [0.25, 0.3) is 0 Å². The first-order valence-corrected chi connectivity index (χ1v) is 3.24. The molecular weight excluding hydrogens is 116 g/mol. The molecule has 1 heterocycles. The summed E-state index contributed by atoms with van der Waals surface area (Å²) >= 11 is 0. The minimum absolute atomic E-state index is 0.147. The van der Waals surface area contributed by atoms with Crippen molar-refractivity contribution in [3.63, 3.8) is 0 Å². The normalized spacial score (nSPS) is 36.1. The second kappa shape index (κ2) is 2.94. The highest BCUT2D eigenvalue weighted by atomic mass is 16.1. The summed E-state index contributed by atoms with van der Waals surface area (Å²) in [6.45, 7) is 1.65. The van der Waals surface area contributed by atoms with Gasteiger partial charge in [-0.3, -0.25) is 0 Å². The first-order valence-electron chi connectivity index (χ1n) is 3.24. The van der Waals surface area contributed by atoms with E-state index in [1.54, 1.807) is 0 Å². The van der Waals surface area contributed by atoms with Crippen molar-refractivity contribution in [3.8, 4) is 0 Å². The van der Waals surface area contributed by atoms with E-state index in [9.17, 15) is 4.79 Å². The SMILES string of the molecule is N[C@@H]1CNC[C@H](C=O)C1. The molecular formula is C6H12N2O. The maximum Gasteiger partial charge on any atom is 0.124 e. The van der Waals surface area contributed by atoms with E-state index in [4.69, 9.17) is 5.73 Å². The number of nitrogens with two attached hydrogens (primary N) is 1. The molecule has 0 aliphatic carbocycles. The van der Waals surface area contributed by atoms with Crippen LogP contribution in [-0.4, -0.2) is 25.4 Å². The quantitative estimate of drug-likeness (QED) is 0.451. The lowest BCUT2D eigenvalue weighted by Crippen LogP contribution is -2.44. The van der Waals surface area contributed by atoms with E-state index >= 15 is 0 Å². The second-order valence-corrected chi connectivity index (χ2v) is 2.55. The molecule has 52 valence electrons. The highest BCUT2D eigenvalue weighted by molar-refractivity contribution is 5.54. The van der Waals surface area contributed by atoms with Crippen molar-refractivity contribution in [1.82, 2.24) is 5.32 Å². The fourth-order valence-corrected chi connectivity index (χ4v) is 1.11. The van der Waals surface area contributed by atoms with Crippen molar-refractivity contribution < 1.29 is 4.79 Å². The zero-order valence-electron chi connectivity index (χ0n) is 5.34. The average Bonchev–Trinajstić information content (AvgIpc) is 1.88. The summed E-state index contributed by atoms with van der Waals surface area (Å²) in [4.78, 5) is 10.2. The molecule has 0 aromatic carbocycles. The summed E-state index contributed by atoms with van der Waals surface area (Å²) < 4.78 is 0. The number of nitrogens with one attached hydrogen (secondary N) is 1. The molecule has 0 spiro atoms. The smallest absolute Gasteiger partial charge is 0.124 e. The Bertz CT molecular complexity index is 105. The molecule has 2 atom stereocenters. The third-order valence-corrected chi connectivity index (χ3v) is 1.61. The van der Waals surface area contributed by atoms with Gasteiger partial charge in [0.15, 0.2) is 0 Å². The summed E-state index contributed by atoms with van der Waals surface area (Å²) in [5.74, 6) is 0.147. The van der Waals surface area contributed by atoms with Crippen LogP contribution >= 0.6 is 0 Å². The van der Waals surface area contributed by atoms with Crippen LogP contribution in [0.1, 0.15) is 6.42 Å². The van der Waals surface area contributed by atoms with E-state index in [1.165, 1.54) is 0 Å². The van der Waals surface area contributed by atoms with Gasteiger partial charge < -0.3 is 15.8 Å². The Morgan fingerprint density at radius 1 is 1.56 bits per heavy atom. The Hall–Kier alpha value is -0.410. The molecule has 1 saturated heterocycles. The van der Waals surface area contributed by atoms with Crippen LogP contribution in [0.5, 0.6) is 0 Å². The second-order valence-electron chi connectivity index (χ2n) is 2.55. The van der Waals surface area contributed by atoms with Crippen LogP contribution in [0.15, 0.2) is 0 Å². The minimum Gasteiger partial charge on any atom is -0.327 e. The number of aldehydes is 1. The van der Waals surface area contributed by atoms with Crippen molar-refractivity contribution in [1.29, 1.82) is 0 Å². The van der Waals surface area contributed by atoms with Gasteiger partial charge in [-0.15, -0.1) is 0 Å². The lowest BCUT2D eigenvalue weighted by Gasteiger charge is -2.23. The van der Waals surface area contributed by atoms with E-state index in [1.807, 2.05) is 0 Å². The van der Waals surface area contributed by atoms with Gasteiger partial charge in [-0.25, -0.2) is 0 Å². The summed E-state index contributed by atoms with van der Waals surface area (Å²) in [6, 6.07) is 0.175. The van der Waals surface area contributed by atoms with Gasteiger partial charge in [0.05, 0.1) is 0 Å². The van der Waals surface area contributed by atoms with Crippen LogP contribution in [0.4, 0.5) is 0 Å². The zero-order valence-corrected chi connectivity index (χ0v) is 5.34. The van der Waals surface area contributed by atoms with E-state index in [2.05, 4.69) is 5.32 Å². The van der Waals surface area contributed by atoms with Gasteiger partial charge in [0.2, 0.25) is 0 Å². The van der Waals surface area contributed by atoms with E-state index in [-0.39, 0.29) is 12.0 Å². The standard InChI is InChI=1S/C6H12N2O/c7-6-1-5(4-9)2-8-3-6/h4-6,8H,1-3,7H2/t5-,6+/m1/s1. The molecule has 3 nitrogen and oxygen atoms in total. The van der Waals surface area contributed by atoms with Gasteiger partial charge in [-0.1, -0.05) is 0 Å². The van der Waals surface area contributed by atoms with E-state index in [0.717, 1.165) is 25.8 Å². The minimum atomic E-state index is 0.147. The van der Waals surface area contributed by atoms with Gasteiger partial charge in [-0.05, 0) is 6.42 Å². The molecule has 9 heavy (non-hydrogen) atoms. The van der Waals surface area contributed by atoms with Gasteiger partial charge >= 0.3 is 0 Å². The molecule has 1 fully saturated rings. The third kappa shape index (κ3) is 1.77. The van der Waals surface area contributed by atoms with Crippen LogP contribution in [0, 0.1) is 5.92 Å². The first-order chi connectivity index (χ1) is 4.33. The Balaban J connectivity index is 2.31. The predicted octanol–water partition coefficient (Wildman–Crippen LogP) is -0.878. The number of carbonyl (C=O) groups is 1. The van der Waals surface area contributed by atoms with Crippen LogP contribution in [0.2, 0.25) is 0 Å². The van der Waals surface area contributed by atoms with Gasteiger partial charge in [-0.2, -0.15) is 0 Å². The van der Waals surface area contributed by atoms with Crippen molar-refractivity contribution in [2.24, 2.45) is 11.7 Å². The number of hydrogen-bond donors (Lipinski definition) is 2. The Morgan fingerprint density at radius 3 is 2.78 bits per heavy atom. The zero-order chi connectivity index (χ0) is 6.69. The maximum absolute atomic E-state index is 10.2. The molecule has 0 amide bonds. The van der Waals surface area contributed by atoms with Crippen molar-refractivity contribution in [2.75, 3.05) is 13.1 Å². The van der Waals surface area contributed by atoms with Gasteiger partial charge in [0, 0.05) is 25.0 Å². The molecule has 0 bridgehead atoms. The molecule has 3 N–H and O–H groups in total. The van der Waals surface area contributed by atoms with Crippen LogP contribution < -0.4 is 11.1 Å². The highest BCUT2D eigenvalue weighted by Crippen LogP contribution is 2.04. The number of piperidine rings is 1. The summed E-state index contributed by atoms with van der Waals surface area (Å²) in [6.07, 6.45) is 1.82. The topological polar surface area (TPSA) is 55.1 Å². The van der Waals surface area contributed by atoms with Crippen molar-refractivity contribution in [3.05, 3.63) is 0 Å². The van der Waals surface area contributed by atoms with Crippen LogP contribution in [-0.2, 0) is 4.79 Å². The highest BCUT2D eigenvalue weighted by Gasteiger charge is 2.16. The third-order valence-electron chi connectivity index (χ3n) is 1.61. The molecule has 1 aliphatic heterocycles. The first kappa shape index (κ1) is 6.71. The Labute approximate surface area is 54.6 Å². The maximum atomic E-state index is 10.2. The molecule has 3 heteroatoms.